The number of rotatable bonds is 2. The summed E-state index contributed by atoms with van der Waals surface area (Å²) in [4.78, 5) is 4.53. The Balaban J connectivity index is 1.94. The van der Waals surface area contributed by atoms with Crippen molar-refractivity contribution in [2.45, 2.75) is 39.2 Å². The summed E-state index contributed by atoms with van der Waals surface area (Å²) in [5.74, 6) is 0.874. The van der Waals surface area contributed by atoms with E-state index in [1.54, 1.807) is 5.57 Å². The van der Waals surface area contributed by atoms with Crippen molar-refractivity contribution in [3.63, 3.8) is 0 Å². The molecule has 0 spiro atoms. The standard InChI is InChI=1S/C12H20N2/c1-9-5-12(6-10(2)14-9)7-11-3-4-13-8-11/h5,10-11,13H,3-4,6-8H2,1-2H3. The Morgan fingerprint density at radius 3 is 3.07 bits per heavy atom. The monoisotopic (exact) mass is 192 g/mol. The number of nitrogens with zero attached hydrogens (tertiary/aromatic N) is 1. The minimum Gasteiger partial charge on any atom is -0.316 e. The van der Waals surface area contributed by atoms with Crippen LogP contribution in [0.4, 0.5) is 0 Å². The third-order valence-electron chi connectivity index (χ3n) is 3.11. The van der Waals surface area contributed by atoms with Gasteiger partial charge in [0.15, 0.2) is 0 Å². The molecule has 0 aromatic heterocycles. The van der Waals surface area contributed by atoms with Crippen LogP contribution in [-0.4, -0.2) is 24.8 Å². The van der Waals surface area contributed by atoms with Crippen LogP contribution >= 0.6 is 0 Å². The molecule has 2 aliphatic rings. The molecule has 0 aromatic rings. The van der Waals surface area contributed by atoms with Crippen LogP contribution in [0.2, 0.25) is 0 Å². The molecule has 2 nitrogen and oxygen atoms in total. The smallest absolute Gasteiger partial charge is 0.0511 e. The largest absolute Gasteiger partial charge is 0.316 e. The molecule has 0 aromatic carbocycles. The van der Waals surface area contributed by atoms with E-state index in [9.17, 15) is 0 Å². The second-order valence-electron chi connectivity index (χ2n) is 4.69. The summed E-state index contributed by atoms with van der Waals surface area (Å²) in [7, 11) is 0. The molecule has 0 bridgehead atoms. The van der Waals surface area contributed by atoms with Crippen molar-refractivity contribution >= 4 is 5.71 Å². The van der Waals surface area contributed by atoms with Crippen LogP contribution in [0.5, 0.6) is 0 Å². The van der Waals surface area contributed by atoms with E-state index in [1.165, 1.54) is 38.1 Å². The van der Waals surface area contributed by atoms with Gasteiger partial charge in [0.05, 0.1) is 6.04 Å². The Labute approximate surface area is 86.5 Å². The second kappa shape index (κ2) is 4.26. The fourth-order valence-corrected chi connectivity index (χ4v) is 2.57. The zero-order valence-corrected chi connectivity index (χ0v) is 9.21. The molecule has 78 valence electrons. The van der Waals surface area contributed by atoms with Gasteiger partial charge in [0.2, 0.25) is 0 Å². The van der Waals surface area contributed by atoms with Crippen molar-refractivity contribution in [2.75, 3.05) is 13.1 Å². The molecule has 2 aliphatic heterocycles. The lowest BCUT2D eigenvalue weighted by Crippen LogP contribution is -2.14. The number of hydrogen-bond acceptors (Lipinski definition) is 2. The molecule has 0 amide bonds. The average molecular weight is 192 g/mol. The normalized spacial score (nSPS) is 32.7. The van der Waals surface area contributed by atoms with Crippen molar-refractivity contribution in [1.82, 2.24) is 5.32 Å². The van der Waals surface area contributed by atoms with Crippen LogP contribution in [0.15, 0.2) is 16.6 Å². The van der Waals surface area contributed by atoms with Gasteiger partial charge in [-0.05, 0) is 58.2 Å². The van der Waals surface area contributed by atoms with Crippen molar-refractivity contribution < 1.29 is 0 Å². The van der Waals surface area contributed by atoms with Crippen molar-refractivity contribution in [3.05, 3.63) is 11.6 Å². The molecular weight excluding hydrogens is 172 g/mol. The lowest BCUT2D eigenvalue weighted by molar-refractivity contribution is 0.552. The third-order valence-corrected chi connectivity index (χ3v) is 3.11. The first-order chi connectivity index (χ1) is 6.74. The fraction of sp³-hybridized carbons (Fsp3) is 0.750. The molecule has 2 heteroatoms. The van der Waals surface area contributed by atoms with Gasteiger partial charge in [0.1, 0.15) is 0 Å². The van der Waals surface area contributed by atoms with Crippen LogP contribution in [0, 0.1) is 5.92 Å². The first kappa shape index (κ1) is 9.91. The first-order valence-corrected chi connectivity index (χ1v) is 5.68. The predicted octanol–water partition coefficient (Wildman–Crippen LogP) is 2.17. The summed E-state index contributed by atoms with van der Waals surface area (Å²) in [5, 5.41) is 3.43. The van der Waals surface area contributed by atoms with Gasteiger partial charge in [-0.15, -0.1) is 0 Å². The fourth-order valence-electron chi connectivity index (χ4n) is 2.57. The first-order valence-electron chi connectivity index (χ1n) is 5.68. The summed E-state index contributed by atoms with van der Waals surface area (Å²) < 4.78 is 0. The van der Waals surface area contributed by atoms with Gasteiger partial charge in [-0.25, -0.2) is 0 Å². The zero-order valence-electron chi connectivity index (χ0n) is 9.21. The Bertz CT molecular complexity index is 259. The molecule has 1 saturated heterocycles. The minimum absolute atomic E-state index is 0.504. The van der Waals surface area contributed by atoms with E-state index in [4.69, 9.17) is 0 Å². The Morgan fingerprint density at radius 2 is 2.43 bits per heavy atom. The molecular formula is C12H20N2. The Kier molecular flexibility index (Phi) is 3.02. The highest BCUT2D eigenvalue weighted by Gasteiger charge is 2.18. The molecule has 2 unspecified atom stereocenters. The SMILES string of the molecule is CC1=NC(C)CC(CC2CCNC2)=C1. The van der Waals surface area contributed by atoms with E-state index in [0.717, 1.165) is 5.92 Å². The van der Waals surface area contributed by atoms with Crippen molar-refractivity contribution in [2.24, 2.45) is 10.9 Å². The predicted molar refractivity (Wildman–Crippen MR) is 60.9 cm³/mol. The molecule has 2 rings (SSSR count). The van der Waals surface area contributed by atoms with E-state index >= 15 is 0 Å². The van der Waals surface area contributed by atoms with Crippen LogP contribution in [0.3, 0.4) is 0 Å². The molecule has 0 saturated carbocycles. The summed E-state index contributed by atoms with van der Waals surface area (Å²) >= 11 is 0. The maximum absolute atomic E-state index is 4.53. The van der Waals surface area contributed by atoms with E-state index < -0.39 is 0 Å². The van der Waals surface area contributed by atoms with Gasteiger partial charge < -0.3 is 5.32 Å². The van der Waals surface area contributed by atoms with Crippen LogP contribution in [0.25, 0.3) is 0 Å². The summed E-state index contributed by atoms with van der Waals surface area (Å²) in [6.07, 6.45) is 6.10. The second-order valence-corrected chi connectivity index (χ2v) is 4.69. The van der Waals surface area contributed by atoms with Crippen LogP contribution < -0.4 is 5.32 Å². The Hall–Kier alpha value is -0.630. The molecule has 1 fully saturated rings. The summed E-state index contributed by atoms with van der Waals surface area (Å²) in [6, 6.07) is 0.504. The number of nitrogens with one attached hydrogen (secondary N) is 1. The number of dihydropyridines is 1. The lowest BCUT2D eigenvalue weighted by Gasteiger charge is -2.19. The quantitative estimate of drug-likeness (QED) is 0.712. The van der Waals surface area contributed by atoms with Crippen molar-refractivity contribution in [1.29, 1.82) is 0 Å². The van der Waals surface area contributed by atoms with Crippen LogP contribution in [0.1, 0.15) is 33.1 Å². The van der Waals surface area contributed by atoms with E-state index in [-0.39, 0.29) is 0 Å². The van der Waals surface area contributed by atoms with E-state index in [0.29, 0.717) is 6.04 Å². The molecule has 2 heterocycles. The molecule has 14 heavy (non-hydrogen) atoms. The number of aliphatic imine (C=N–C) groups is 1. The molecule has 0 radical (unpaired) electrons. The lowest BCUT2D eigenvalue weighted by atomic mass is 9.92. The van der Waals surface area contributed by atoms with Gasteiger partial charge in [-0.3, -0.25) is 4.99 Å². The molecule has 2 atom stereocenters. The van der Waals surface area contributed by atoms with Crippen molar-refractivity contribution in [3.8, 4) is 0 Å². The maximum Gasteiger partial charge on any atom is 0.0511 e. The Morgan fingerprint density at radius 1 is 1.57 bits per heavy atom. The van der Waals surface area contributed by atoms with Gasteiger partial charge in [0.25, 0.3) is 0 Å². The number of hydrogen-bond donors (Lipinski definition) is 1. The molecule has 0 aliphatic carbocycles. The van der Waals surface area contributed by atoms with E-state index in [2.05, 4.69) is 30.2 Å². The average Bonchev–Trinajstić information content (AvgIpc) is 2.54. The van der Waals surface area contributed by atoms with Gasteiger partial charge in [0, 0.05) is 5.71 Å². The van der Waals surface area contributed by atoms with Crippen LogP contribution in [-0.2, 0) is 0 Å². The van der Waals surface area contributed by atoms with E-state index in [1.807, 2.05) is 0 Å². The van der Waals surface area contributed by atoms with Gasteiger partial charge in [-0.1, -0.05) is 5.57 Å². The molecule has 1 N–H and O–H groups in total. The highest BCUT2D eigenvalue weighted by molar-refractivity contribution is 5.94. The summed E-state index contributed by atoms with van der Waals surface area (Å²) in [5.41, 5.74) is 2.82. The maximum atomic E-state index is 4.53. The summed E-state index contributed by atoms with van der Waals surface area (Å²) in [6.45, 7) is 6.74. The highest BCUT2D eigenvalue weighted by Crippen LogP contribution is 2.24. The third kappa shape index (κ3) is 2.44. The number of allylic oxidation sites excluding steroid dienone is 1. The zero-order chi connectivity index (χ0) is 9.97. The highest BCUT2D eigenvalue weighted by atomic mass is 14.9. The van der Waals surface area contributed by atoms with Gasteiger partial charge >= 0.3 is 0 Å². The van der Waals surface area contributed by atoms with Gasteiger partial charge in [-0.2, -0.15) is 0 Å². The minimum atomic E-state index is 0.504. The topological polar surface area (TPSA) is 24.4 Å².